The van der Waals surface area contributed by atoms with Gasteiger partial charge in [0.2, 0.25) is 0 Å². The number of ether oxygens (including phenoxy) is 2. The summed E-state index contributed by atoms with van der Waals surface area (Å²) in [7, 11) is -4.05. The topological polar surface area (TPSA) is 161 Å². The number of nitrogens with two attached hydrogens (primary N) is 1. The molecule has 2 saturated heterocycles. The summed E-state index contributed by atoms with van der Waals surface area (Å²) in [6.07, 6.45) is -5.75. The molecule has 124 valence electrons. The molecule has 0 spiro atoms. The van der Waals surface area contributed by atoms with Gasteiger partial charge in [0.25, 0.3) is 0 Å². The van der Waals surface area contributed by atoms with Crippen LogP contribution in [-0.4, -0.2) is 70.6 Å². The van der Waals surface area contributed by atoms with Gasteiger partial charge in [0.15, 0.2) is 12.6 Å². The lowest BCUT2D eigenvalue weighted by molar-refractivity contribution is -0.123. The normalized spacial score (nSPS) is 43.1. The van der Waals surface area contributed by atoms with Gasteiger partial charge in [-0.2, -0.15) is 0 Å². The predicted octanol–water partition coefficient (Wildman–Crippen LogP) is -1.98. The summed E-state index contributed by atoms with van der Waals surface area (Å²) >= 11 is 0. The number of hydrogen-bond donors (Lipinski definition) is 5. The Morgan fingerprint density at radius 3 is 1.67 bits per heavy atom. The van der Waals surface area contributed by atoms with Gasteiger partial charge in [0, 0.05) is 12.8 Å². The average molecular weight is 329 g/mol. The SMILES string of the molecule is NP(=O)(OC1C[C@H](O)[C@@H](CO)O1)OC1C[C@H](O)[C@@H](CO)O1. The summed E-state index contributed by atoms with van der Waals surface area (Å²) in [5.74, 6) is 0. The molecular weight excluding hydrogens is 309 g/mol. The van der Waals surface area contributed by atoms with Crippen molar-refractivity contribution >= 4 is 7.75 Å². The minimum absolute atomic E-state index is 0.0107. The molecule has 2 rings (SSSR count). The van der Waals surface area contributed by atoms with E-state index in [0.717, 1.165) is 0 Å². The van der Waals surface area contributed by atoms with Crippen LogP contribution in [0.15, 0.2) is 0 Å². The van der Waals surface area contributed by atoms with Crippen LogP contribution in [0.1, 0.15) is 12.8 Å². The molecule has 0 aromatic heterocycles. The molecule has 2 heterocycles. The third-order valence-corrected chi connectivity index (χ3v) is 4.33. The van der Waals surface area contributed by atoms with E-state index in [1.165, 1.54) is 0 Å². The fourth-order valence-corrected chi connectivity index (χ4v) is 3.17. The number of hydrogen-bond acceptors (Lipinski definition) is 9. The minimum Gasteiger partial charge on any atom is -0.394 e. The van der Waals surface area contributed by atoms with Gasteiger partial charge >= 0.3 is 7.75 Å². The maximum absolute atomic E-state index is 12.0. The highest BCUT2D eigenvalue weighted by molar-refractivity contribution is 7.51. The molecule has 0 radical (unpaired) electrons. The lowest BCUT2D eigenvalue weighted by Gasteiger charge is -2.21. The van der Waals surface area contributed by atoms with Gasteiger partial charge in [0.05, 0.1) is 25.4 Å². The van der Waals surface area contributed by atoms with Crippen molar-refractivity contribution < 1.29 is 43.5 Å². The Bertz CT molecular complexity index is 365. The number of aliphatic hydroxyl groups excluding tert-OH is 4. The van der Waals surface area contributed by atoms with Gasteiger partial charge in [-0.25, -0.2) is 10.1 Å². The largest absolute Gasteiger partial charge is 0.407 e. The standard InChI is InChI=1S/C10H20NO9P/c11-21(16,19-9-1-5(14)7(3-12)17-9)20-10-2-6(15)8(4-13)18-10/h5-10,12-15H,1-4H2,(H2,11,16)/t5-,6-,7+,8+,9?,10?,21?/m0/s1. The van der Waals surface area contributed by atoms with Crippen LogP contribution < -0.4 is 5.50 Å². The van der Waals surface area contributed by atoms with Crippen molar-refractivity contribution in [3.8, 4) is 0 Å². The summed E-state index contributed by atoms with van der Waals surface area (Å²) < 4.78 is 32.1. The van der Waals surface area contributed by atoms with Gasteiger partial charge in [0.1, 0.15) is 12.2 Å². The molecule has 0 aromatic carbocycles. The van der Waals surface area contributed by atoms with Crippen LogP contribution in [0.3, 0.4) is 0 Å². The Kier molecular flexibility index (Phi) is 5.71. The second kappa shape index (κ2) is 6.97. The summed E-state index contributed by atoms with van der Waals surface area (Å²) in [5.41, 5.74) is 5.40. The van der Waals surface area contributed by atoms with E-state index in [2.05, 4.69) is 0 Å². The third kappa shape index (κ3) is 4.42. The zero-order chi connectivity index (χ0) is 15.6. The third-order valence-electron chi connectivity index (χ3n) is 3.27. The maximum Gasteiger partial charge on any atom is 0.407 e. The van der Waals surface area contributed by atoms with Crippen LogP contribution in [0, 0.1) is 0 Å². The molecule has 2 fully saturated rings. The van der Waals surface area contributed by atoms with E-state index in [4.69, 9.17) is 34.2 Å². The highest BCUT2D eigenvalue weighted by Gasteiger charge is 2.41. The molecule has 0 amide bonds. The molecule has 0 aromatic rings. The smallest absolute Gasteiger partial charge is 0.394 e. The number of rotatable bonds is 6. The molecule has 11 heteroatoms. The quantitative estimate of drug-likeness (QED) is 0.345. The van der Waals surface area contributed by atoms with Crippen molar-refractivity contribution in [2.45, 2.75) is 49.8 Å². The monoisotopic (exact) mass is 329 g/mol. The summed E-state index contributed by atoms with van der Waals surface area (Å²) in [5, 5.41) is 36.9. The predicted molar refractivity (Wildman–Crippen MR) is 66.7 cm³/mol. The lowest BCUT2D eigenvalue weighted by Crippen LogP contribution is -2.25. The van der Waals surface area contributed by atoms with Crippen LogP contribution in [-0.2, 0) is 23.1 Å². The summed E-state index contributed by atoms with van der Waals surface area (Å²) in [6.45, 7) is -0.820. The Labute approximate surface area is 121 Å². The van der Waals surface area contributed by atoms with Crippen molar-refractivity contribution in [1.29, 1.82) is 0 Å². The fraction of sp³-hybridized carbons (Fsp3) is 1.00. The molecular formula is C10H20NO9P. The van der Waals surface area contributed by atoms with E-state index in [-0.39, 0.29) is 12.8 Å². The van der Waals surface area contributed by atoms with E-state index >= 15 is 0 Å². The van der Waals surface area contributed by atoms with Gasteiger partial charge in [-0.3, -0.25) is 9.05 Å². The summed E-state index contributed by atoms with van der Waals surface area (Å²) in [4.78, 5) is 0. The molecule has 21 heavy (non-hydrogen) atoms. The average Bonchev–Trinajstić information content (AvgIpc) is 2.90. The second-order valence-corrected chi connectivity index (χ2v) is 6.43. The molecule has 2 aliphatic heterocycles. The molecule has 6 N–H and O–H groups in total. The van der Waals surface area contributed by atoms with Crippen LogP contribution in [0.4, 0.5) is 0 Å². The van der Waals surface area contributed by atoms with Gasteiger partial charge in [-0.15, -0.1) is 0 Å². The first kappa shape index (κ1) is 17.2. The molecule has 0 aliphatic carbocycles. The summed E-state index contributed by atoms with van der Waals surface area (Å²) in [6, 6.07) is 0. The molecule has 2 unspecified atom stereocenters. The first-order valence-electron chi connectivity index (χ1n) is 6.49. The maximum atomic E-state index is 12.0. The molecule has 6 atom stereocenters. The van der Waals surface area contributed by atoms with E-state index in [1.54, 1.807) is 0 Å². The fourth-order valence-electron chi connectivity index (χ4n) is 2.20. The highest BCUT2D eigenvalue weighted by atomic mass is 31.2. The Balaban J connectivity index is 1.84. The number of aliphatic hydroxyl groups is 4. The molecule has 0 bridgehead atoms. The van der Waals surface area contributed by atoms with Crippen LogP contribution in [0.2, 0.25) is 0 Å². The lowest BCUT2D eigenvalue weighted by atomic mass is 10.2. The van der Waals surface area contributed by atoms with E-state index in [0.29, 0.717) is 0 Å². The Morgan fingerprint density at radius 1 is 1.00 bits per heavy atom. The highest BCUT2D eigenvalue weighted by Crippen LogP contribution is 2.46. The van der Waals surface area contributed by atoms with Gasteiger partial charge in [-0.1, -0.05) is 0 Å². The second-order valence-electron chi connectivity index (χ2n) is 4.93. The van der Waals surface area contributed by atoms with Gasteiger partial charge in [-0.05, 0) is 0 Å². The molecule has 2 aliphatic rings. The van der Waals surface area contributed by atoms with Gasteiger partial charge < -0.3 is 29.9 Å². The zero-order valence-corrected chi connectivity index (χ0v) is 12.0. The van der Waals surface area contributed by atoms with E-state index < -0.39 is 58.0 Å². The molecule has 10 nitrogen and oxygen atoms in total. The Morgan fingerprint density at radius 2 is 1.38 bits per heavy atom. The van der Waals surface area contributed by atoms with Crippen molar-refractivity contribution in [2.75, 3.05) is 13.2 Å². The van der Waals surface area contributed by atoms with Crippen molar-refractivity contribution in [3.63, 3.8) is 0 Å². The Hall–Kier alpha value is -0.130. The van der Waals surface area contributed by atoms with Crippen molar-refractivity contribution in [1.82, 2.24) is 0 Å². The van der Waals surface area contributed by atoms with Crippen LogP contribution >= 0.6 is 7.75 Å². The van der Waals surface area contributed by atoms with Crippen LogP contribution in [0.5, 0.6) is 0 Å². The zero-order valence-electron chi connectivity index (χ0n) is 11.1. The van der Waals surface area contributed by atoms with Crippen LogP contribution in [0.25, 0.3) is 0 Å². The van der Waals surface area contributed by atoms with E-state index in [1.807, 2.05) is 0 Å². The first-order chi connectivity index (χ1) is 9.84. The minimum atomic E-state index is -4.05. The van der Waals surface area contributed by atoms with Crippen molar-refractivity contribution in [2.24, 2.45) is 5.50 Å². The van der Waals surface area contributed by atoms with Crippen molar-refractivity contribution in [3.05, 3.63) is 0 Å². The first-order valence-corrected chi connectivity index (χ1v) is 8.10. The molecule has 0 saturated carbocycles. The van der Waals surface area contributed by atoms with E-state index in [9.17, 15) is 14.8 Å².